The summed E-state index contributed by atoms with van der Waals surface area (Å²) in [5.41, 5.74) is 0.437. The first-order valence-electron chi connectivity index (χ1n) is 8.16. The van der Waals surface area contributed by atoms with Gasteiger partial charge >= 0.3 is 11.9 Å². The molecule has 2 fully saturated rings. The lowest BCUT2D eigenvalue weighted by atomic mass is 9.71. The van der Waals surface area contributed by atoms with E-state index >= 15 is 0 Å². The van der Waals surface area contributed by atoms with Crippen molar-refractivity contribution in [2.45, 2.75) is 52.2 Å². The second-order valence-corrected chi connectivity index (χ2v) is 6.89. The standard InChI is InChI=1S/C18H22O5/c1-5-14(19)22-13-8-12-9(2)6-7-11-10(3)17(21)23-16(11)18(12,4)15(13)20/h8-9,11,13,16H,3,5-7H2,1-2,4H3/t9-,11-,13-,16+,18-/m0/s1. The van der Waals surface area contributed by atoms with Crippen LogP contribution in [-0.4, -0.2) is 29.9 Å². The largest absolute Gasteiger partial charge is 0.457 e. The zero-order valence-electron chi connectivity index (χ0n) is 13.8. The van der Waals surface area contributed by atoms with Crippen LogP contribution in [-0.2, 0) is 23.9 Å². The van der Waals surface area contributed by atoms with Crippen molar-refractivity contribution in [3.05, 3.63) is 23.8 Å². The number of carbonyl (C=O) groups is 3. The van der Waals surface area contributed by atoms with E-state index in [1.54, 1.807) is 13.0 Å². The summed E-state index contributed by atoms with van der Waals surface area (Å²) in [5, 5.41) is 0. The molecular weight excluding hydrogens is 296 g/mol. The van der Waals surface area contributed by atoms with Gasteiger partial charge in [-0.2, -0.15) is 0 Å². The lowest BCUT2D eigenvalue weighted by Gasteiger charge is -2.34. The predicted molar refractivity (Wildman–Crippen MR) is 82.3 cm³/mol. The Hall–Kier alpha value is -1.91. The minimum absolute atomic E-state index is 0.148. The number of hydrogen-bond acceptors (Lipinski definition) is 5. The molecule has 0 radical (unpaired) electrons. The maximum Gasteiger partial charge on any atom is 0.334 e. The molecule has 5 nitrogen and oxygen atoms in total. The Kier molecular flexibility index (Phi) is 3.69. The first kappa shape index (κ1) is 16.0. The minimum atomic E-state index is -0.936. The molecule has 0 unspecified atom stereocenters. The van der Waals surface area contributed by atoms with Crippen molar-refractivity contribution in [3.63, 3.8) is 0 Å². The fourth-order valence-corrected chi connectivity index (χ4v) is 4.18. The van der Waals surface area contributed by atoms with Crippen LogP contribution < -0.4 is 0 Å². The summed E-state index contributed by atoms with van der Waals surface area (Å²) in [5.74, 6) is -0.994. The summed E-state index contributed by atoms with van der Waals surface area (Å²) in [4.78, 5) is 36.6. The molecule has 5 atom stereocenters. The van der Waals surface area contributed by atoms with Crippen LogP contribution in [0.2, 0.25) is 0 Å². The molecule has 1 saturated carbocycles. The van der Waals surface area contributed by atoms with Gasteiger partial charge in [0.05, 0.1) is 5.41 Å². The molecule has 3 aliphatic rings. The van der Waals surface area contributed by atoms with Gasteiger partial charge in [0, 0.05) is 17.9 Å². The van der Waals surface area contributed by atoms with Crippen molar-refractivity contribution in [3.8, 4) is 0 Å². The molecule has 1 aliphatic heterocycles. The Balaban J connectivity index is 2.01. The number of Topliss-reactive ketones (excluding diaryl/α,β-unsaturated/α-hetero) is 1. The summed E-state index contributed by atoms with van der Waals surface area (Å²) in [6, 6.07) is 0. The van der Waals surface area contributed by atoms with Crippen LogP contribution in [0.5, 0.6) is 0 Å². The molecular formula is C18H22O5. The van der Waals surface area contributed by atoms with E-state index in [9.17, 15) is 14.4 Å². The lowest BCUT2D eigenvalue weighted by Crippen LogP contribution is -2.45. The molecule has 0 amide bonds. The average molecular weight is 318 g/mol. The molecule has 1 heterocycles. The molecule has 0 spiro atoms. The van der Waals surface area contributed by atoms with E-state index in [1.165, 1.54) is 0 Å². The van der Waals surface area contributed by atoms with E-state index in [2.05, 4.69) is 13.5 Å². The van der Waals surface area contributed by atoms with Gasteiger partial charge in [0.2, 0.25) is 0 Å². The zero-order valence-corrected chi connectivity index (χ0v) is 13.8. The second kappa shape index (κ2) is 5.32. The lowest BCUT2D eigenvalue weighted by molar-refractivity contribution is -0.158. The molecule has 3 rings (SSSR count). The summed E-state index contributed by atoms with van der Waals surface area (Å²) in [7, 11) is 0. The second-order valence-electron chi connectivity index (χ2n) is 6.89. The summed E-state index contributed by atoms with van der Waals surface area (Å²) in [6.07, 6.45) is 2.18. The molecule has 1 saturated heterocycles. The number of fused-ring (bicyclic) bond motifs is 3. The molecule has 0 N–H and O–H groups in total. The van der Waals surface area contributed by atoms with Gasteiger partial charge in [0.15, 0.2) is 11.9 Å². The van der Waals surface area contributed by atoms with Crippen LogP contribution >= 0.6 is 0 Å². The maximum atomic E-state index is 13.0. The highest BCUT2D eigenvalue weighted by molar-refractivity contribution is 6.00. The predicted octanol–water partition coefficient (Wildman–Crippen LogP) is 2.35. The fourth-order valence-electron chi connectivity index (χ4n) is 4.18. The smallest absolute Gasteiger partial charge is 0.334 e. The molecule has 2 aliphatic carbocycles. The van der Waals surface area contributed by atoms with Crippen LogP contribution in [0.25, 0.3) is 0 Å². The highest BCUT2D eigenvalue weighted by Gasteiger charge is 2.61. The van der Waals surface area contributed by atoms with E-state index in [1.807, 2.05) is 6.92 Å². The number of rotatable bonds is 2. The molecule has 23 heavy (non-hydrogen) atoms. The van der Waals surface area contributed by atoms with E-state index in [0.29, 0.717) is 5.57 Å². The summed E-state index contributed by atoms with van der Waals surface area (Å²) < 4.78 is 10.8. The molecule has 5 heteroatoms. The monoisotopic (exact) mass is 318 g/mol. The topological polar surface area (TPSA) is 69.7 Å². The maximum absolute atomic E-state index is 13.0. The number of hydrogen-bond donors (Lipinski definition) is 0. The highest BCUT2D eigenvalue weighted by atomic mass is 16.6. The molecule has 0 aromatic rings. The Morgan fingerprint density at radius 1 is 1.43 bits per heavy atom. The van der Waals surface area contributed by atoms with E-state index in [0.717, 1.165) is 18.4 Å². The SMILES string of the molecule is C=C1C(=O)O[C@@H]2[C@H]1CC[C@H](C)C1=C[C@H](OC(=O)CC)C(=O)[C@]12C. The van der Waals surface area contributed by atoms with Crippen LogP contribution in [0.15, 0.2) is 23.8 Å². The van der Waals surface area contributed by atoms with Crippen LogP contribution in [0.3, 0.4) is 0 Å². The van der Waals surface area contributed by atoms with E-state index in [-0.39, 0.29) is 24.0 Å². The molecule has 0 aromatic heterocycles. The minimum Gasteiger partial charge on any atom is -0.457 e. The number of ether oxygens (including phenoxy) is 2. The van der Waals surface area contributed by atoms with Gasteiger partial charge in [-0.1, -0.05) is 26.0 Å². The molecule has 124 valence electrons. The zero-order chi connectivity index (χ0) is 16.9. The normalized spacial score (nSPS) is 39.3. The molecule has 0 bridgehead atoms. The quantitative estimate of drug-likeness (QED) is 0.444. The van der Waals surface area contributed by atoms with Crippen molar-refractivity contribution < 1.29 is 23.9 Å². The van der Waals surface area contributed by atoms with Gasteiger partial charge < -0.3 is 9.47 Å². The van der Waals surface area contributed by atoms with Crippen molar-refractivity contribution in [1.82, 2.24) is 0 Å². The average Bonchev–Trinajstić information content (AvgIpc) is 2.91. The fraction of sp³-hybridized carbons (Fsp3) is 0.611. The Morgan fingerprint density at radius 3 is 2.78 bits per heavy atom. The van der Waals surface area contributed by atoms with Crippen LogP contribution in [0, 0.1) is 17.3 Å². The van der Waals surface area contributed by atoms with Crippen molar-refractivity contribution >= 4 is 17.7 Å². The van der Waals surface area contributed by atoms with Crippen LogP contribution in [0.1, 0.15) is 40.0 Å². The summed E-state index contributed by atoms with van der Waals surface area (Å²) >= 11 is 0. The first-order chi connectivity index (χ1) is 10.8. The third kappa shape index (κ3) is 2.17. The third-order valence-electron chi connectivity index (χ3n) is 5.57. The van der Waals surface area contributed by atoms with E-state index in [4.69, 9.17) is 9.47 Å². The van der Waals surface area contributed by atoms with Gasteiger partial charge in [-0.15, -0.1) is 0 Å². The van der Waals surface area contributed by atoms with Gasteiger partial charge in [0.25, 0.3) is 0 Å². The van der Waals surface area contributed by atoms with Crippen LogP contribution in [0.4, 0.5) is 0 Å². The van der Waals surface area contributed by atoms with Gasteiger partial charge in [0.1, 0.15) is 6.10 Å². The number of carbonyl (C=O) groups excluding carboxylic acids is 3. The Labute approximate surface area is 135 Å². The molecule has 0 aromatic carbocycles. The van der Waals surface area contributed by atoms with Gasteiger partial charge in [-0.05, 0) is 31.8 Å². The number of esters is 2. The Bertz CT molecular complexity index is 631. The highest BCUT2D eigenvalue weighted by Crippen LogP contribution is 2.54. The first-order valence-corrected chi connectivity index (χ1v) is 8.16. The van der Waals surface area contributed by atoms with Crippen molar-refractivity contribution in [2.24, 2.45) is 17.3 Å². The van der Waals surface area contributed by atoms with Gasteiger partial charge in [-0.25, -0.2) is 4.79 Å². The van der Waals surface area contributed by atoms with Crippen molar-refractivity contribution in [2.75, 3.05) is 0 Å². The third-order valence-corrected chi connectivity index (χ3v) is 5.57. The summed E-state index contributed by atoms with van der Waals surface area (Å²) in [6.45, 7) is 9.41. The Morgan fingerprint density at radius 2 is 2.13 bits per heavy atom. The number of ketones is 1. The van der Waals surface area contributed by atoms with Gasteiger partial charge in [-0.3, -0.25) is 9.59 Å². The van der Waals surface area contributed by atoms with E-state index < -0.39 is 29.6 Å². The van der Waals surface area contributed by atoms with Crippen molar-refractivity contribution in [1.29, 1.82) is 0 Å².